The van der Waals surface area contributed by atoms with Crippen LogP contribution in [0.5, 0.6) is 5.75 Å². The standard InChI is InChI=1S/C15H20N2O2/c1-15(5-8-18-9-6-15)17-12-13-3-2-4-14(11-13)19-10-7-16/h2-4,11,17H,5-6,8-10,12H2,1H3. The molecular weight excluding hydrogens is 240 g/mol. The van der Waals surface area contributed by atoms with Crippen molar-refractivity contribution in [3.05, 3.63) is 29.8 Å². The summed E-state index contributed by atoms with van der Waals surface area (Å²) in [7, 11) is 0. The highest BCUT2D eigenvalue weighted by Gasteiger charge is 2.26. The van der Waals surface area contributed by atoms with Gasteiger partial charge in [-0.25, -0.2) is 0 Å². The molecule has 0 aromatic heterocycles. The zero-order chi connectivity index (χ0) is 13.6. The molecule has 0 bridgehead atoms. The third-order valence-electron chi connectivity index (χ3n) is 3.52. The van der Waals surface area contributed by atoms with Gasteiger partial charge < -0.3 is 14.8 Å². The third-order valence-corrected chi connectivity index (χ3v) is 3.52. The highest BCUT2D eigenvalue weighted by Crippen LogP contribution is 2.21. The van der Waals surface area contributed by atoms with Crippen LogP contribution >= 0.6 is 0 Å². The van der Waals surface area contributed by atoms with E-state index in [2.05, 4.69) is 18.3 Å². The van der Waals surface area contributed by atoms with Crippen molar-refractivity contribution in [2.24, 2.45) is 0 Å². The molecule has 1 aromatic carbocycles. The highest BCUT2D eigenvalue weighted by atomic mass is 16.5. The minimum Gasteiger partial charge on any atom is -0.479 e. The van der Waals surface area contributed by atoms with Crippen LogP contribution in [-0.2, 0) is 11.3 Å². The van der Waals surface area contributed by atoms with Crippen molar-refractivity contribution >= 4 is 0 Å². The van der Waals surface area contributed by atoms with E-state index in [-0.39, 0.29) is 12.1 Å². The number of rotatable bonds is 5. The van der Waals surface area contributed by atoms with E-state index in [1.165, 1.54) is 5.56 Å². The van der Waals surface area contributed by atoms with E-state index in [0.717, 1.165) is 38.3 Å². The molecule has 0 amide bonds. The van der Waals surface area contributed by atoms with Crippen molar-refractivity contribution in [1.29, 1.82) is 5.26 Å². The van der Waals surface area contributed by atoms with Gasteiger partial charge in [-0.15, -0.1) is 0 Å². The average Bonchev–Trinajstić information content (AvgIpc) is 2.44. The van der Waals surface area contributed by atoms with Crippen molar-refractivity contribution < 1.29 is 9.47 Å². The first-order valence-electron chi connectivity index (χ1n) is 6.63. The molecule has 4 nitrogen and oxygen atoms in total. The van der Waals surface area contributed by atoms with Crippen molar-refractivity contribution in [3.63, 3.8) is 0 Å². The summed E-state index contributed by atoms with van der Waals surface area (Å²) in [4.78, 5) is 0. The Morgan fingerprint density at radius 3 is 2.95 bits per heavy atom. The third kappa shape index (κ3) is 4.23. The maximum atomic E-state index is 8.51. The fourth-order valence-electron chi connectivity index (χ4n) is 2.17. The molecule has 0 saturated carbocycles. The second kappa shape index (κ2) is 6.55. The van der Waals surface area contributed by atoms with Crippen LogP contribution < -0.4 is 10.1 Å². The Bertz CT molecular complexity index is 448. The van der Waals surface area contributed by atoms with Crippen LogP contribution in [0.4, 0.5) is 0 Å². The molecule has 1 saturated heterocycles. The molecule has 2 rings (SSSR count). The molecule has 1 aromatic rings. The van der Waals surface area contributed by atoms with Crippen molar-refractivity contribution in [2.45, 2.75) is 31.8 Å². The maximum Gasteiger partial charge on any atom is 0.174 e. The minimum absolute atomic E-state index is 0.0892. The van der Waals surface area contributed by atoms with Crippen molar-refractivity contribution in [2.75, 3.05) is 19.8 Å². The van der Waals surface area contributed by atoms with E-state index in [9.17, 15) is 0 Å². The lowest BCUT2D eigenvalue weighted by Crippen LogP contribution is -2.46. The van der Waals surface area contributed by atoms with Gasteiger partial charge in [-0.1, -0.05) is 12.1 Å². The number of nitrogens with one attached hydrogen (secondary N) is 1. The monoisotopic (exact) mass is 260 g/mol. The van der Waals surface area contributed by atoms with E-state index in [1.54, 1.807) is 0 Å². The minimum atomic E-state index is 0.0892. The van der Waals surface area contributed by atoms with Crippen molar-refractivity contribution in [1.82, 2.24) is 5.32 Å². The van der Waals surface area contributed by atoms with E-state index in [0.29, 0.717) is 0 Å². The normalized spacial score (nSPS) is 17.7. The molecule has 1 N–H and O–H groups in total. The fourth-order valence-corrected chi connectivity index (χ4v) is 2.17. The molecule has 1 heterocycles. The maximum absolute atomic E-state index is 8.51. The van der Waals surface area contributed by atoms with Gasteiger partial charge in [0, 0.05) is 25.3 Å². The smallest absolute Gasteiger partial charge is 0.174 e. The second-order valence-corrected chi connectivity index (χ2v) is 5.12. The van der Waals surface area contributed by atoms with Gasteiger partial charge in [-0.05, 0) is 37.5 Å². The number of nitriles is 1. The van der Waals surface area contributed by atoms with Gasteiger partial charge in [0.15, 0.2) is 6.61 Å². The second-order valence-electron chi connectivity index (χ2n) is 5.12. The molecule has 1 fully saturated rings. The Labute approximate surface area is 114 Å². The summed E-state index contributed by atoms with van der Waals surface area (Å²) in [6, 6.07) is 9.84. The number of hydrogen-bond acceptors (Lipinski definition) is 4. The Hall–Kier alpha value is -1.57. The molecule has 1 aliphatic heterocycles. The van der Waals surface area contributed by atoms with E-state index in [1.807, 2.05) is 24.3 Å². The Morgan fingerprint density at radius 2 is 2.21 bits per heavy atom. The summed E-state index contributed by atoms with van der Waals surface area (Å²) in [6.07, 6.45) is 2.08. The summed E-state index contributed by atoms with van der Waals surface area (Å²) >= 11 is 0. The largest absolute Gasteiger partial charge is 0.479 e. The van der Waals surface area contributed by atoms with Crippen LogP contribution in [0, 0.1) is 11.3 Å². The summed E-state index contributed by atoms with van der Waals surface area (Å²) in [5.74, 6) is 0.748. The predicted molar refractivity (Wildman–Crippen MR) is 72.8 cm³/mol. The molecular formula is C15H20N2O2. The van der Waals surface area contributed by atoms with Gasteiger partial charge in [0.2, 0.25) is 0 Å². The van der Waals surface area contributed by atoms with Crippen LogP contribution in [0.1, 0.15) is 25.3 Å². The first-order valence-corrected chi connectivity index (χ1v) is 6.63. The summed E-state index contributed by atoms with van der Waals surface area (Å²) in [5, 5.41) is 12.1. The Kier molecular flexibility index (Phi) is 4.78. The van der Waals surface area contributed by atoms with Crippen LogP contribution in [0.3, 0.4) is 0 Å². The van der Waals surface area contributed by atoms with E-state index >= 15 is 0 Å². The van der Waals surface area contributed by atoms with E-state index < -0.39 is 0 Å². The van der Waals surface area contributed by atoms with Gasteiger partial charge in [0.05, 0.1) is 0 Å². The number of ether oxygens (including phenoxy) is 2. The fraction of sp³-hybridized carbons (Fsp3) is 0.533. The van der Waals surface area contributed by atoms with Crippen LogP contribution in [0.25, 0.3) is 0 Å². The zero-order valence-electron chi connectivity index (χ0n) is 11.3. The van der Waals surface area contributed by atoms with Crippen LogP contribution in [0.15, 0.2) is 24.3 Å². The first kappa shape index (κ1) is 13.9. The van der Waals surface area contributed by atoms with E-state index in [4.69, 9.17) is 14.7 Å². The van der Waals surface area contributed by atoms with Gasteiger partial charge in [-0.3, -0.25) is 0 Å². The number of hydrogen-bond donors (Lipinski definition) is 1. The Morgan fingerprint density at radius 1 is 1.42 bits per heavy atom. The molecule has 102 valence electrons. The SMILES string of the molecule is CC1(NCc2cccc(OCC#N)c2)CCOCC1. The molecule has 19 heavy (non-hydrogen) atoms. The van der Waals surface area contributed by atoms with Gasteiger partial charge in [0.1, 0.15) is 11.8 Å². The highest BCUT2D eigenvalue weighted by molar-refractivity contribution is 5.28. The topological polar surface area (TPSA) is 54.3 Å². The molecule has 0 spiro atoms. The molecule has 0 aliphatic carbocycles. The predicted octanol–water partition coefficient (Wildman–Crippen LogP) is 2.25. The molecule has 0 atom stereocenters. The zero-order valence-corrected chi connectivity index (χ0v) is 11.3. The van der Waals surface area contributed by atoms with Crippen LogP contribution in [-0.4, -0.2) is 25.4 Å². The lowest BCUT2D eigenvalue weighted by Gasteiger charge is -2.34. The number of nitrogens with zero attached hydrogens (tertiary/aromatic N) is 1. The lowest BCUT2D eigenvalue weighted by molar-refractivity contribution is 0.0446. The van der Waals surface area contributed by atoms with Gasteiger partial charge in [0.25, 0.3) is 0 Å². The quantitative estimate of drug-likeness (QED) is 0.882. The molecule has 1 aliphatic rings. The van der Waals surface area contributed by atoms with Crippen molar-refractivity contribution in [3.8, 4) is 11.8 Å². The molecule has 0 radical (unpaired) electrons. The Balaban J connectivity index is 1.90. The average molecular weight is 260 g/mol. The summed E-state index contributed by atoms with van der Waals surface area (Å²) in [5.41, 5.74) is 1.32. The molecule has 0 unspecified atom stereocenters. The number of benzene rings is 1. The first-order chi connectivity index (χ1) is 9.22. The van der Waals surface area contributed by atoms with Crippen LogP contribution in [0.2, 0.25) is 0 Å². The molecule has 4 heteroatoms. The lowest BCUT2D eigenvalue weighted by atomic mass is 9.92. The van der Waals surface area contributed by atoms with Gasteiger partial charge >= 0.3 is 0 Å². The van der Waals surface area contributed by atoms with Gasteiger partial charge in [-0.2, -0.15) is 5.26 Å². The summed E-state index contributed by atoms with van der Waals surface area (Å²) in [6.45, 7) is 4.79. The summed E-state index contributed by atoms with van der Waals surface area (Å²) < 4.78 is 10.7.